The van der Waals surface area contributed by atoms with E-state index in [4.69, 9.17) is 23.8 Å². The molecule has 0 unspecified atom stereocenters. The van der Waals surface area contributed by atoms with E-state index in [9.17, 15) is 18.8 Å². The first kappa shape index (κ1) is 24.9. The highest BCUT2D eigenvalue weighted by Crippen LogP contribution is 2.32. The van der Waals surface area contributed by atoms with Gasteiger partial charge in [0.15, 0.2) is 0 Å². The second-order valence-corrected chi connectivity index (χ2v) is 9.32. The number of halogens is 2. The van der Waals surface area contributed by atoms with E-state index in [1.807, 2.05) is 12.1 Å². The lowest BCUT2D eigenvalue weighted by atomic mass is 10.2. The van der Waals surface area contributed by atoms with Crippen molar-refractivity contribution in [3.05, 3.63) is 75.4 Å². The number of rotatable bonds is 8. The number of carbonyl (C=O) groups is 3. The number of carbonyl (C=O) groups excluding carboxylic acids is 3. The van der Waals surface area contributed by atoms with Crippen LogP contribution in [-0.2, 0) is 9.59 Å². The highest BCUT2D eigenvalue weighted by molar-refractivity contribution is 8.26. The number of thiocarbonyl (C=S) groups is 1. The standard InChI is InChI=1S/C23H21ClFN3O3S2/c24-17-9-5-15(6-10-17)14-19-22(31)28(23(32)33-19)13-3-1-2-4-20(29)26-27-21(30)16-7-11-18(25)12-8-16/h5-12,14H,1-4,13H2,(H,26,29)(H,27,30). The van der Waals surface area contributed by atoms with Gasteiger partial charge in [-0.2, -0.15) is 0 Å². The molecular formula is C23H21ClFN3O3S2. The number of hydrogen-bond donors (Lipinski definition) is 2. The van der Waals surface area contributed by atoms with Crippen molar-refractivity contribution in [2.24, 2.45) is 0 Å². The van der Waals surface area contributed by atoms with E-state index >= 15 is 0 Å². The SMILES string of the molecule is O=C(CCCCCN1C(=O)C(=Cc2ccc(Cl)cc2)SC1=S)NNC(=O)c1ccc(F)cc1. The second kappa shape index (κ2) is 11.9. The minimum absolute atomic E-state index is 0.124. The van der Waals surface area contributed by atoms with Crippen LogP contribution in [-0.4, -0.2) is 33.5 Å². The number of nitrogens with zero attached hydrogens (tertiary/aromatic N) is 1. The molecule has 3 rings (SSSR count). The molecule has 2 N–H and O–H groups in total. The van der Waals surface area contributed by atoms with Crippen LogP contribution in [0.5, 0.6) is 0 Å². The lowest BCUT2D eigenvalue weighted by Gasteiger charge is -2.14. The zero-order chi connectivity index (χ0) is 23.8. The molecule has 2 aromatic carbocycles. The summed E-state index contributed by atoms with van der Waals surface area (Å²) < 4.78 is 13.4. The monoisotopic (exact) mass is 505 g/mol. The van der Waals surface area contributed by atoms with Crippen LogP contribution in [0.4, 0.5) is 4.39 Å². The number of hydrogen-bond acceptors (Lipinski definition) is 5. The summed E-state index contributed by atoms with van der Waals surface area (Å²) >= 11 is 12.5. The summed E-state index contributed by atoms with van der Waals surface area (Å²) in [6.07, 6.45) is 4.01. The second-order valence-electron chi connectivity index (χ2n) is 7.20. The molecule has 0 bridgehead atoms. The summed E-state index contributed by atoms with van der Waals surface area (Å²) in [5, 5.41) is 0.628. The molecule has 0 atom stereocenters. The fraction of sp³-hybridized carbons (Fsp3) is 0.217. The smallest absolute Gasteiger partial charge is 0.269 e. The molecule has 1 aliphatic heterocycles. The fourth-order valence-corrected chi connectivity index (χ4v) is 4.43. The molecule has 0 saturated carbocycles. The van der Waals surface area contributed by atoms with Crippen molar-refractivity contribution in [3.63, 3.8) is 0 Å². The summed E-state index contributed by atoms with van der Waals surface area (Å²) in [5.41, 5.74) is 5.75. The molecule has 10 heteroatoms. The van der Waals surface area contributed by atoms with Gasteiger partial charge in [-0.1, -0.05) is 54.1 Å². The van der Waals surface area contributed by atoms with Crippen molar-refractivity contribution < 1.29 is 18.8 Å². The average Bonchev–Trinajstić information content (AvgIpc) is 3.06. The van der Waals surface area contributed by atoms with E-state index < -0.39 is 11.7 Å². The van der Waals surface area contributed by atoms with Gasteiger partial charge in [-0.3, -0.25) is 30.1 Å². The van der Waals surface area contributed by atoms with Crippen molar-refractivity contribution in [1.82, 2.24) is 15.8 Å². The van der Waals surface area contributed by atoms with Crippen LogP contribution in [0.15, 0.2) is 53.4 Å². The normalized spacial score (nSPS) is 14.6. The van der Waals surface area contributed by atoms with Crippen LogP contribution in [0.3, 0.4) is 0 Å². The Labute approximate surface area is 205 Å². The van der Waals surface area contributed by atoms with Crippen molar-refractivity contribution in [1.29, 1.82) is 0 Å². The van der Waals surface area contributed by atoms with E-state index in [1.165, 1.54) is 36.0 Å². The number of hydrazine groups is 1. The number of thioether (sulfide) groups is 1. The Morgan fingerprint density at radius 1 is 1.03 bits per heavy atom. The third kappa shape index (κ3) is 7.38. The molecule has 0 aliphatic carbocycles. The van der Waals surface area contributed by atoms with Crippen LogP contribution >= 0.6 is 35.6 Å². The Bertz CT molecular complexity index is 1080. The van der Waals surface area contributed by atoms with E-state index in [-0.39, 0.29) is 23.8 Å². The number of nitrogens with one attached hydrogen (secondary N) is 2. The summed E-state index contributed by atoms with van der Waals surface area (Å²) in [6, 6.07) is 12.2. The molecule has 2 aromatic rings. The molecule has 3 amide bonds. The molecule has 1 aliphatic rings. The van der Waals surface area contributed by atoms with Crippen molar-refractivity contribution in [2.75, 3.05) is 6.54 Å². The van der Waals surface area contributed by atoms with Gasteiger partial charge < -0.3 is 0 Å². The Hall–Kier alpha value is -2.75. The van der Waals surface area contributed by atoms with Gasteiger partial charge in [0, 0.05) is 23.6 Å². The van der Waals surface area contributed by atoms with Gasteiger partial charge in [-0.15, -0.1) is 0 Å². The summed E-state index contributed by atoms with van der Waals surface area (Å²) in [5.74, 6) is -1.42. The van der Waals surface area contributed by atoms with Crippen LogP contribution < -0.4 is 10.9 Å². The fourth-order valence-electron chi connectivity index (χ4n) is 3.00. The van der Waals surface area contributed by atoms with Gasteiger partial charge in [0.25, 0.3) is 11.8 Å². The number of unbranched alkanes of at least 4 members (excludes halogenated alkanes) is 2. The third-order valence-corrected chi connectivity index (χ3v) is 6.38. The summed E-state index contributed by atoms with van der Waals surface area (Å²) in [7, 11) is 0. The predicted molar refractivity (Wildman–Crippen MR) is 132 cm³/mol. The first-order valence-electron chi connectivity index (χ1n) is 10.2. The highest BCUT2D eigenvalue weighted by Gasteiger charge is 2.31. The zero-order valence-electron chi connectivity index (χ0n) is 17.5. The Morgan fingerprint density at radius 3 is 2.42 bits per heavy atom. The molecule has 1 fully saturated rings. The largest absolute Gasteiger partial charge is 0.293 e. The zero-order valence-corrected chi connectivity index (χ0v) is 19.9. The minimum Gasteiger partial charge on any atom is -0.293 e. The van der Waals surface area contributed by atoms with E-state index in [2.05, 4.69) is 10.9 Å². The third-order valence-electron chi connectivity index (χ3n) is 4.75. The quantitative estimate of drug-likeness (QED) is 0.235. The van der Waals surface area contributed by atoms with Crippen LogP contribution in [0.1, 0.15) is 41.6 Å². The molecular weight excluding hydrogens is 485 g/mol. The maximum atomic E-state index is 12.9. The van der Waals surface area contributed by atoms with Crippen molar-refractivity contribution >= 4 is 63.7 Å². The van der Waals surface area contributed by atoms with Gasteiger partial charge >= 0.3 is 0 Å². The van der Waals surface area contributed by atoms with Crippen LogP contribution in [0, 0.1) is 5.82 Å². The van der Waals surface area contributed by atoms with Gasteiger partial charge in [0.2, 0.25) is 5.91 Å². The van der Waals surface area contributed by atoms with E-state index in [1.54, 1.807) is 23.1 Å². The first-order valence-corrected chi connectivity index (χ1v) is 11.8. The van der Waals surface area contributed by atoms with Gasteiger partial charge in [-0.05, 0) is 60.9 Å². The Morgan fingerprint density at radius 2 is 1.73 bits per heavy atom. The molecule has 0 radical (unpaired) electrons. The Balaban J connectivity index is 1.35. The first-order chi connectivity index (χ1) is 15.8. The van der Waals surface area contributed by atoms with E-state index in [0.717, 1.165) is 5.56 Å². The van der Waals surface area contributed by atoms with Gasteiger partial charge in [-0.25, -0.2) is 4.39 Å². The van der Waals surface area contributed by atoms with Gasteiger partial charge in [0.1, 0.15) is 10.1 Å². The van der Waals surface area contributed by atoms with Crippen molar-refractivity contribution in [2.45, 2.75) is 25.7 Å². The Kier molecular flexibility index (Phi) is 8.99. The molecule has 33 heavy (non-hydrogen) atoms. The highest BCUT2D eigenvalue weighted by atomic mass is 35.5. The summed E-state index contributed by atoms with van der Waals surface area (Å²) in [4.78, 5) is 38.6. The average molecular weight is 506 g/mol. The maximum Gasteiger partial charge on any atom is 0.269 e. The molecule has 0 aromatic heterocycles. The lowest BCUT2D eigenvalue weighted by Crippen LogP contribution is -2.41. The predicted octanol–water partition coefficient (Wildman–Crippen LogP) is 4.70. The van der Waals surface area contributed by atoms with E-state index in [0.29, 0.717) is 40.1 Å². The maximum absolute atomic E-state index is 12.9. The molecule has 1 saturated heterocycles. The number of amides is 3. The van der Waals surface area contributed by atoms with Crippen molar-refractivity contribution in [3.8, 4) is 0 Å². The number of benzene rings is 2. The van der Waals surface area contributed by atoms with Crippen LogP contribution in [0.25, 0.3) is 6.08 Å². The molecule has 172 valence electrons. The summed E-state index contributed by atoms with van der Waals surface area (Å²) in [6.45, 7) is 0.478. The molecule has 6 nitrogen and oxygen atoms in total. The van der Waals surface area contributed by atoms with Gasteiger partial charge in [0.05, 0.1) is 4.91 Å². The molecule has 0 spiro atoms. The minimum atomic E-state index is -0.524. The van der Waals surface area contributed by atoms with Crippen LogP contribution in [0.2, 0.25) is 5.02 Å². The molecule has 1 heterocycles. The topological polar surface area (TPSA) is 78.5 Å². The lowest BCUT2D eigenvalue weighted by molar-refractivity contribution is -0.123.